The summed E-state index contributed by atoms with van der Waals surface area (Å²) >= 11 is 1.07. The first-order valence-corrected chi connectivity index (χ1v) is 9.63. The number of rotatable bonds is 4. The fourth-order valence-electron chi connectivity index (χ4n) is 2.31. The van der Waals surface area contributed by atoms with E-state index in [-0.39, 0.29) is 5.13 Å². The molecule has 1 heterocycles. The maximum absolute atomic E-state index is 13.7. The van der Waals surface area contributed by atoms with Gasteiger partial charge in [-0.1, -0.05) is 17.7 Å². The molecule has 0 aliphatic rings. The van der Waals surface area contributed by atoms with Crippen molar-refractivity contribution in [3.8, 4) is 11.3 Å². The molecular formula is C17H14F2N2O2S2. The summed E-state index contributed by atoms with van der Waals surface area (Å²) in [6.07, 6.45) is 0. The summed E-state index contributed by atoms with van der Waals surface area (Å²) in [7, 11) is -4.27. The van der Waals surface area contributed by atoms with E-state index in [2.05, 4.69) is 9.71 Å². The first kappa shape index (κ1) is 17.5. The van der Waals surface area contributed by atoms with Crippen molar-refractivity contribution < 1.29 is 17.2 Å². The standard InChI is InChI=1S/C17H14F2N2O2S2/c1-10-3-4-11(2)13(7-10)15-9-24-17(20-15)21-25(22,23)16-8-12(18)5-6-14(16)19/h3-9H,1-2H3,(H,20,21). The monoisotopic (exact) mass is 380 g/mol. The van der Waals surface area contributed by atoms with Crippen LogP contribution in [0.5, 0.6) is 0 Å². The largest absolute Gasteiger partial charge is 0.266 e. The molecule has 0 spiro atoms. The van der Waals surface area contributed by atoms with E-state index in [1.807, 2.05) is 32.0 Å². The van der Waals surface area contributed by atoms with Gasteiger partial charge in [-0.3, -0.25) is 4.72 Å². The minimum Gasteiger partial charge on any atom is -0.255 e. The molecule has 1 N–H and O–H groups in total. The summed E-state index contributed by atoms with van der Waals surface area (Å²) in [5, 5.41) is 1.79. The van der Waals surface area contributed by atoms with Gasteiger partial charge < -0.3 is 0 Å². The van der Waals surface area contributed by atoms with Crippen molar-refractivity contribution in [3.05, 3.63) is 64.5 Å². The molecule has 0 saturated heterocycles. The summed E-state index contributed by atoms with van der Waals surface area (Å²) in [5.74, 6) is -1.86. The van der Waals surface area contributed by atoms with Crippen LogP contribution in [0.4, 0.5) is 13.9 Å². The predicted octanol–water partition coefficient (Wildman–Crippen LogP) is 4.51. The van der Waals surface area contributed by atoms with Gasteiger partial charge in [-0.25, -0.2) is 22.2 Å². The Morgan fingerprint density at radius 3 is 2.60 bits per heavy atom. The zero-order valence-corrected chi connectivity index (χ0v) is 15.0. The lowest BCUT2D eigenvalue weighted by atomic mass is 10.0. The van der Waals surface area contributed by atoms with Crippen molar-refractivity contribution in [2.75, 3.05) is 4.72 Å². The lowest BCUT2D eigenvalue weighted by molar-refractivity contribution is 0.555. The van der Waals surface area contributed by atoms with Gasteiger partial charge in [-0.15, -0.1) is 11.3 Å². The molecule has 25 heavy (non-hydrogen) atoms. The van der Waals surface area contributed by atoms with Crippen LogP contribution in [0.1, 0.15) is 11.1 Å². The molecule has 4 nitrogen and oxygen atoms in total. The number of hydrogen-bond donors (Lipinski definition) is 1. The lowest BCUT2D eigenvalue weighted by Gasteiger charge is -2.06. The fourth-order valence-corrected chi connectivity index (χ4v) is 4.36. The van der Waals surface area contributed by atoms with E-state index >= 15 is 0 Å². The number of aryl methyl sites for hydroxylation is 2. The Morgan fingerprint density at radius 2 is 1.84 bits per heavy atom. The van der Waals surface area contributed by atoms with Crippen LogP contribution < -0.4 is 4.72 Å². The SMILES string of the molecule is Cc1ccc(C)c(-c2csc(NS(=O)(=O)c3cc(F)ccc3F)n2)c1. The van der Waals surface area contributed by atoms with Gasteiger partial charge in [0.25, 0.3) is 10.0 Å². The Bertz CT molecular complexity index is 1050. The first-order chi connectivity index (χ1) is 11.8. The number of halogens is 2. The number of anilines is 1. The van der Waals surface area contributed by atoms with E-state index in [9.17, 15) is 17.2 Å². The third kappa shape index (κ3) is 3.69. The molecule has 0 amide bonds. The fraction of sp³-hybridized carbons (Fsp3) is 0.118. The number of sulfonamides is 1. The second kappa shape index (κ2) is 6.53. The molecule has 0 bridgehead atoms. The maximum atomic E-state index is 13.7. The highest BCUT2D eigenvalue weighted by Gasteiger charge is 2.21. The highest BCUT2D eigenvalue weighted by Crippen LogP contribution is 2.29. The van der Waals surface area contributed by atoms with Crippen molar-refractivity contribution in [1.82, 2.24) is 4.98 Å². The van der Waals surface area contributed by atoms with Crippen molar-refractivity contribution in [2.45, 2.75) is 18.7 Å². The Balaban J connectivity index is 1.93. The second-order valence-electron chi connectivity index (χ2n) is 5.54. The highest BCUT2D eigenvalue weighted by molar-refractivity contribution is 7.93. The highest BCUT2D eigenvalue weighted by atomic mass is 32.2. The molecule has 1 aromatic heterocycles. The average Bonchev–Trinajstić information content (AvgIpc) is 2.99. The van der Waals surface area contributed by atoms with Gasteiger partial charge in [0.05, 0.1) is 5.69 Å². The van der Waals surface area contributed by atoms with E-state index in [0.29, 0.717) is 11.8 Å². The van der Waals surface area contributed by atoms with Crippen molar-refractivity contribution >= 4 is 26.5 Å². The summed E-state index contributed by atoms with van der Waals surface area (Å²) in [6.45, 7) is 3.88. The van der Waals surface area contributed by atoms with E-state index in [0.717, 1.165) is 40.2 Å². The van der Waals surface area contributed by atoms with E-state index in [1.165, 1.54) is 0 Å². The molecular weight excluding hydrogens is 366 g/mol. The number of nitrogens with one attached hydrogen (secondary N) is 1. The Kier molecular flexibility index (Phi) is 4.57. The van der Waals surface area contributed by atoms with Crippen LogP contribution in [0.2, 0.25) is 0 Å². The zero-order valence-electron chi connectivity index (χ0n) is 13.4. The number of nitrogens with zero attached hydrogens (tertiary/aromatic N) is 1. The van der Waals surface area contributed by atoms with Crippen LogP contribution in [-0.2, 0) is 10.0 Å². The molecule has 8 heteroatoms. The minimum absolute atomic E-state index is 0.0829. The summed E-state index contributed by atoms with van der Waals surface area (Å²) in [6, 6.07) is 8.15. The molecule has 0 aliphatic heterocycles. The summed E-state index contributed by atoms with van der Waals surface area (Å²) in [4.78, 5) is 3.50. The smallest absolute Gasteiger partial charge is 0.255 e. The third-order valence-corrected chi connectivity index (χ3v) is 5.82. The van der Waals surface area contributed by atoms with Crippen molar-refractivity contribution in [3.63, 3.8) is 0 Å². The van der Waals surface area contributed by atoms with E-state index in [4.69, 9.17) is 0 Å². The molecule has 0 aliphatic carbocycles. The molecule has 0 fully saturated rings. The number of thiazole rings is 1. The second-order valence-corrected chi connectivity index (χ2v) is 8.05. The molecule has 0 radical (unpaired) electrons. The Morgan fingerprint density at radius 1 is 1.08 bits per heavy atom. The van der Waals surface area contributed by atoms with Gasteiger partial charge in [-0.05, 0) is 43.7 Å². The topological polar surface area (TPSA) is 59.1 Å². The maximum Gasteiger partial charge on any atom is 0.266 e. The van der Waals surface area contributed by atoms with Crippen LogP contribution in [-0.4, -0.2) is 13.4 Å². The lowest BCUT2D eigenvalue weighted by Crippen LogP contribution is -2.14. The molecule has 3 aromatic rings. The van der Waals surface area contributed by atoms with Gasteiger partial charge in [-0.2, -0.15) is 0 Å². The summed E-state index contributed by atoms with van der Waals surface area (Å²) in [5.41, 5.74) is 3.56. The number of benzene rings is 2. The van der Waals surface area contributed by atoms with Gasteiger partial charge >= 0.3 is 0 Å². The van der Waals surface area contributed by atoms with Gasteiger partial charge in [0.1, 0.15) is 16.5 Å². The molecule has 2 aromatic carbocycles. The quantitative estimate of drug-likeness (QED) is 0.725. The zero-order chi connectivity index (χ0) is 18.2. The molecule has 0 atom stereocenters. The van der Waals surface area contributed by atoms with Crippen LogP contribution in [0.25, 0.3) is 11.3 Å². The van der Waals surface area contributed by atoms with E-state index < -0.39 is 26.6 Å². The molecule has 3 rings (SSSR count). The van der Waals surface area contributed by atoms with Crippen molar-refractivity contribution in [1.29, 1.82) is 0 Å². The number of aromatic nitrogens is 1. The Labute approximate surface area is 148 Å². The normalized spacial score (nSPS) is 11.5. The van der Waals surface area contributed by atoms with Gasteiger partial charge in [0.2, 0.25) is 0 Å². The van der Waals surface area contributed by atoms with E-state index in [1.54, 1.807) is 5.38 Å². The molecule has 0 saturated carbocycles. The molecule has 130 valence electrons. The third-order valence-electron chi connectivity index (χ3n) is 3.58. The van der Waals surface area contributed by atoms with Crippen molar-refractivity contribution in [2.24, 2.45) is 0 Å². The Hall–Kier alpha value is -2.32. The van der Waals surface area contributed by atoms with Gasteiger partial charge in [0, 0.05) is 10.9 Å². The van der Waals surface area contributed by atoms with Crippen LogP contribution in [0, 0.1) is 25.5 Å². The van der Waals surface area contributed by atoms with Crippen LogP contribution in [0.15, 0.2) is 46.7 Å². The number of hydrogen-bond acceptors (Lipinski definition) is 4. The first-order valence-electron chi connectivity index (χ1n) is 7.27. The van der Waals surface area contributed by atoms with Crippen LogP contribution in [0.3, 0.4) is 0 Å². The molecule has 0 unspecified atom stereocenters. The average molecular weight is 380 g/mol. The minimum atomic E-state index is -4.27. The van der Waals surface area contributed by atoms with Gasteiger partial charge in [0.15, 0.2) is 5.13 Å². The summed E-state index contributed by atoms with van der Waals surface area (Å²) < 4.78 is 53.8. The predicted molar refractivity (Wildman–Crippen MR) is 94.2 cm³/mol. The van der Waals surface area contributed by atoms with Crippen LogP contribution >= 0.6 is 11.3 Å².